The summed E-state index contributed by atoms with van der Waals surface area (Å²) >= 11 is 12.4. The van der Waals surface area contributed by atoms with Gasteiger partial charge in [0.15, 0.2) is 15.2 Å². The SMILES string of the molecule is CCS(=O)(=O)C(NC(=O)c1ccc(CN2CCNCC2)c(Cl)c1)c1cccc(Cl)c1. The molecule has 0 saturated carbocycles. The van der Waals surface area contributed by atoms with Gasteiger partial charge in [-0.2, -0.15) is 0 Å². The van der Waals surface area contributed by atoms with Gasteiger partial charge in [0.05, 0.1) is 0 Å². The largest absolute Gasteiger partial charge is 0.332 e. The molecule has 1 saturated heterocycles. The average molecular weight is 470 g/mol. The zero-order valence-corrected chi connectivity index (χ0v) is 19.0. The van der Waals surface area contributed by atoms with E-state index in [1.165, 1.54) is 0 Å². The third-order valence-corrected chi connectivity index (χ3v) is 7.59. The fourth-order valence-electron chi connectivity index (χ4n) is 3.35. The Kier molecular flexibility index (Phi) is 7.76. The van der Waals surface area contributed by atoms with Crippen LogP contribution in [0.3, 0.4) is 0 Å². The van der Waals surface area contributed by atoms with Gasteiger partial charge in [0.25, 0.3) is 5.91 Å². The van der Waals surface area contributed by atoms with Crippen molar-refractivity contribution in [3.63, 3.8) is 0 Å². The fraction of sp³-hybridized carbons (Fsp3) is 0.381. The number of halogens is 2. The second-order valence-electron chi connectivity index (χ2n) is 7.19. The molecular formula is C21H25Cl2N3O3S. The topological polar surface area (TPSA) is 78.5 Å². The van der Waals surface area contributed by atoms with E-state index in [0.29, 0.717) is 27.7 Å². The molecule has 0 aromatic heterocycles. The van der Waals surface area contributed by atoms with Gasteiger partial charge in [-0.05, 0) is 35.4 Å². The molecule has 1 fully saturated rings. The van der Waals surface area contributed by atoms with Gasteiger partial charge in [-0.15, -0.1) is 0 Å². The molecule has 162 valence electrons. The van der Waals surface area contributed by atoms with Gasteiger partial charge in [-0.1, -0.05) is 48.3 Å². The van der Waals surface area contributed by atoms with Crippen LogP contribution in [0.15, 0.2) is 42.5 Å². The molecule has 30 heavy (non-hydrogen) atoms. The van der Waals surface area contributed by atoms with Crippen molar-refractivity contribution in [1.29, 1.82) is 0 Å². The molecule has 1 aliphatic heterocycles. The molecule has 1 heterocycles. The molecule has 1 atom stereocenters. The lowest BCUT2D eigenvalue weighted by molar-refractivity contribution is 0.0948. The molecule has 2 N–H and O–H groups in total. The third-order valence-electron chi connectivity index (χ3n) is 5.09. The molecule has 0 spiro atoms. The van der Waals surface area contributed by atoms with Crippen molar-refractivity contribution in [1.82, 2.24) is 15.5 Å². The van der Waals surface area contributed by atoms with Crippen LogP contribution in [0.1, 0.15) is 33.8 Å². The predicted molar refractivity (Wildman–Crippen MR) is 121 cm³/mol. The number of piperazine rings is 1. The van der Waals surface area contributed by atoms with Crippen LogP contribution in [0, 0.1) is 0 Å². The molecule has 1 aliphatic rings. The number of nitrogens with zero attached hydrogens (tertiary/aromatic N) is 1. The van der Waals surface area contributed by atoms with E-state index in [-0.39, 0.29) is 5.75 Å². The first-order chi connectivity index (χ1) is 14.3. The van der Waals surface area contributed by atoms with E-state index in [1.807, 2.05) is 6.07 Å². The fourth-order valence-corrected chi connectivity index (χ4v) is 4.97. The van der Waals surface area contributed by atoms with E-state index in [4.69, 9.17) is 23.2 Å². The molecule has 0 bridgehead atoms. The summed E-state index contributed by atoms with van der Waals surface area (Å²) in [5, 5.41) is 5.64. The maximum absolute atomic E-state index is 12.8. The third kappa shape index (κ3) is 5.74. The summed E-state index contributed by atoms with van der Waals surface area (Å²) in [5.41, 5.74) is 1.66. The van der Waals surface area contributed by atoms with Crippen LogP contribution in [0.5, 0.6) is 0 Å². The zero-order chi connectivity index (χ0) is 21.7. The van der Waals surface area contributed by atoms with Gasteiger partial charge < -0.3 is 10.6 Å². The first-order valence-electron chi connectivity index (χ1n) is 9.79. The highest BCUT2D eigenvalue weighted by Gasteiger charge is 2.28. The Morgan fingerprint density at radius 2 is 1.90 bits per heavy atom. The van der Waals surface area contributed by atoms with Crippen molar-refractivity contribution in [2.45, 2.75) is 18.8 Å². The van der Waals surface area contributed by atoms with E-state index in [1.54, 1.807) is 43.3 Å². The highest BCUT2D eigenvalue weighted by atomic mass is 35.5. The van der Waals surface area contributed by atoms with Crippen LogP contribution in [0.4, 0.5) is 0 Å². The summed E-state index contributed by atoms with van der Waals surface area (Å²) in [6, 6.07) is 11.6. The van der Waals surface area contributed by atoms with Gasteiger partial charge >= 0.3 is 0 Å². The van der Waals surface area contributed by atoms with Gasteiger partial charge in [-0.25, -0.2) is 8.42 Å². The number of benzene rings is 2. The number of hydrogen-bond acceptors (Lipinski definition) is 5. The van der Waals surface area contributed by atoms with Crippen LogP contribution in [-0.2, 0) is 16.4 Å². The smallest absolute Gasteiger partial charge is 0.252 e. The summed E-state index contributed by atoms with van der Waals surface area (Å²) in [6.45, 7) is 6.01. The molecule has 9 heteroatoms. The van der Waals surface area contributed by atoms with E-state index in [9.17, 15) is 13.2 Å². The number of sulfone groups is 1. The summed E-state index contributed by atoms with van der Waals surface area (Å²) in [4.78, 5) is 15.1. The van der Waals surface area contributed by atoms with Crippen LogP contribution < -0.4 is 10.6 Å². The summed E-state index contributed by atoms with van der Waals surface area (Å²) in [6.07, 6.45) is 0. The molecule has 2 aromatic rings. The summed E-state index contributed by atoms with van der Waals surface area (Å²) < 4.78 is 25.3. The average Bonchev–Trinajstić information content (AvgIpc) is 2.74. The Balaban J connectivity index is 1.79. The number of hydrogen-bond donors (Lipinski definition) is 2. The van der Waals surface area contributed by atoms with Crippen molar-refractivity contribution in [2.24, 2.45) is 0 Å². The molecule has 1 amide bonds. The standard InChI is InChI=1S/C21H25Cl2N3O3S/c1-2-30(28,29)21(16-4-3-5-18(22)12-16)25-20(27)15-6-7-17(19(23)13-15)14-26-10-8-24-9-11-26/h3-7,12-13,21,24H,2,8-11,14H2,1H3,(H,25,27). The number of nitrogens with one attached hydrogen (secondary N) is 2. The Bertz CT molecular complexity index is 1010. The molecule has 6 nitrogen and oxygen atoms in total. The minimum atomic E-state index is -3.61. The Morgan fingerprint density at radius 3 is 2.53 bits per heavy atom. The molecular weight excluding hydrogens is 445 g/mol. The number of amides is 1. The van der Waals surface area contributed by atoms with Crippen molar-refractivity contribution in [3.05, 3.63) is 69.2 Å². The van der Waals surface area contributed by atoms with Crippen molar-refractivity contribution in [3.8, 4) is 0 Å². The van der Waals surface area contributed by atoms with Crippen LogP contribution >= 0.6 is 23.2 Å². The summed E-state index contributed by atoms with van der Waals surface area (Å²) in [5.74, 6) is -0.623. The quantitative estimate of drug-likeness (QED) is 0.650. The molecule has 1 unspecified atom stereocenters. The molecule has 2 aromatic carbocycles. The number of carbonyl (C=O) groups excluding carboxylic acids is 1. The first kappa shape index (κ1) is 23.0. The maximum atomic E-state index is 12.8. The number of rotatable bonds is 7. The van der Waals surface area contributed by atoms with Crippen molar-refractivity contribution >= 4 is 38.9 Å². The Morgan fingerprint density at radius 1 is 1.17 bits per heavy atom. The molecule has 0 radical (unpaired) electrons. The van der Waals surface area contributed by atoms with Crippen LogP contribution in [-0.4, -0.2) is 51.2 Å². The van der Waals surface area contributed by atoms with E-state index in [0.717, 1.165) is 31.7 Å². The predicted octanol–water partition coefficient (Wildman–Crippen LogP) is 3.26. The van der Waals surface area contributed by atoms with E-state index < -0.39 is 21.1 Å². The van der Waals surface area contributed by atoms with Gasteiger partial charge in [0.2, 0.25) is 0 Å². The lowest BCUT2D eigenvalue weighted by Gasteiger charge is -2.27. The van der Waals surface area contributed by atoms with Crippen LogP contribution in [0.25, 0.3) is 0 Å². The highest BCUT2D eigenvalue weighted by Crippen LogP contribution is 2.25. The normalized spacial score (nSPS) is 16.2. The minimum Gasteiger partial charge on any atom is -0.332 e. The van der Waals surface area contributed by atoms with Crippen molar-refractivity contribution in [2.75, 3.05) is 31.9 Å². The zero-order valence-electron chi connectivity index (χ0n) is 16.7. The second-order valence-corrected chi connectivity index (χ2v) is 10.4. The van der Waals surface area contributed by atoms with Gasteiger partial charge in [0, 0.05) is 54.1 Å². The van der Waals surface area contributed by atoms with Crippen molar-refractivity contribution < 1.29 is 13.2 Å². The van der Waals surface area contributed by atoms with Gasteiger partial charge in [-0.3, -0.25) is 9.69 Å². The van der Waals surface area contributed by atoms with Gasteiger partial charge in [0.1, 0.15) is 0 Å². The van der Waals surface area contributed by atoms with E-state index in [2.05, 4.69) is 15.5 Å². The second kappa shape index (κ2) is 10.1. The maximum Gasteiger partial charge on any atom is 0.252 e. The summed E-state index contributed by atoms with van der Waals surface area (Å²) in [7, 11) is -3.61. The lowest BCUT2D eigenvalue weighted by atomic mass is 10.1. The lowest BCUT2D eigenvalue weighted by Crippen LogP contribution is -2.42. The number of carbonyl (C=O) groups is 1. The molecule has 0 aliphatic carbocycles. The monoisotopic (exact) mass is 469 g/mol. The van der Waals surface area contributed by atoms with Crippen LogP contribution in [0.2, 0.25) is 10.0 Å². The van der Waals surface area contributed by atoms with E-state index >= 15 is 0 Å². The molecule has 3 rings (SSSR count). The Labute approximate surface area is 187 Å². The highest BCUT2D eigenvalue weighted by molar-refractivity contribution is 7.91. The minimum absolute atomic E-state index is 0.116. The Hall–Kier alpha value is -1.64. The first-order valence-corrected chi connectivity index (χ1v) is 12.3.